The summed E-state index contributed by atoms with van der Waals surface area (Å²) in [6.45, 7) is 10.0. The molecule has 2 amide bonds. The predicted molar refractivity (Wildman–Crippen MR) is 93.7 cm³/mol. The van der Waals surface area contributed by atoms with Crippen LogP contribution in [0.25, 0.3) is 0 Å². The highest BCUT2D eigenvalue weighted by Gasteiger charge is 2.33. The van der Waals surface area contributed by atoms with Crippen LogP contribution in [0.1, 0.15) is 36.7 Å². The Kier molecular flexibility index (Phi) is 4.16. The first-order valence-corrected chi connectivity index (χ1v) is 8.27. The summed E-state index contributed by atoms with van der Waals surface area (Å²) in [6, 6.07) is 10.4. The third kappa shape index (κ3) is 2.98. The van der Waals surface area contributed by atoms with Gasteiger partial charge >= 0.3 is 6.03 Å². The molecular weight excluding hydrogens is 286 g/mol. The van der Waals surface area contributed by atoms with Gasteiger partial charge < -0.3 is 14.8 Å². The number of carbonyl (C=O) groups is 1. The van der Waals surface area contributed by atoms with E-state index in [1.54, 1.807) is 0 Å². The van der Waals surface area contributed by atoms with Crippen molar-refractivity contribution in [3.8, 4) is 0 Å². The SMILES string of the molecule is Cc1ccc(NC(=O)N2CCn3cccc3[C@@H]2C(C)C)c(C)c1. The number of hydrogen-bond donors (Lipinski definition) is 1. The highest BCUT2D eigenvalue weighted by molar-refractivity contribution is 5.90. The van der Waals surface area contributed by atoms with E-state index in [-0.39, 0.29) is 12.1 Å². The molecule has 1 atom stereocenters. The molecule has 0 aliphatic carbocycles. The van der Waals surface area contributed by atoms with Crippen LogP contribution in [0.5, 0.6) is 0 Å². The molecule has 0 fully saturated rings. The molecule has 0 saturated heterocycles. The first-order valence-electron chi connectivity index (χ1n) is 8.27. The van der Waals surface area contributed by atoms with Gasteiger partial charge in [-0.05, 0) is 43.5 Å². The summed E-state index contributed by atoms with van der Waals surface area (Å²) in [5.74, 6) is 0.369. The van der Waals surface area contributed by atoms with Gasteiger partial charge in [0, 0.05) is 30.7 Å². The van der Waals surface area contributed by atoms with E-state index in [1.165, 1.54) is 11.3 Å². The fourth-order valence-corrected chi connectivity index (χ4v) is 3.48. The van der Waals surface area contributed by atoms with Gasteiger partial charge in [0.05, 0.1) is 6.04 Å². The number of amides is 2. The minimum atomic E-state index is -0.0110. The van der Waals surface area contributed by atoms with Gasteiger partial charge in [0.15, 0.2) is 0 Å². The first-order chi connectivity index (χ1) is 11.0. The summed E-state index contributed by atoms with van der Waals surface area (Å²) >= 11 is 0. The fraction of sp³-hybridized carbons (Fsp3) is 0.421. The van der Waals surface area contributed by atoms with E-state index in [1.807, 2.05) is 24.0 Å². The van der Waals surface area contributed by atoms with Crippen LogP contribution in [0.3, 0.4) is 0 Å². The number of hydrogen-bond acceptors (Lipinski definition) is 1. The van der Waals surface area contributed by atoms with Crippen molar-refractivity contribution in [3.05, 3.63) is 53.3 Å². The molecule has 1 aliphatic rings. The first kappa shape index (κ1) is 15.7. The molecule has 23 heavy (non-hydrogen) atoms. The molecule has 122 valence electrons. The molecule has 1 N–H and O–H groups in total. The molecule has 0 spiro atoms. The van der Waals surface area contributed by atoms with E-state index in [9.17, 15) is 4.79 Å². The monoisotopic (exact) mass is 311 g/mol. The molecule has 0 bridgehead atoms. The number of aromatic nitrogens is 1. The lowest BCUT2D eigenvalue weighted by Gasteiger charge is -2.39. The Labute approximate surface area is 138 Å². The predicted octanol–water partition coefficient (Wildman–Crippen LogP) is 4.35. The molecule has 2 aromatic rings. The molecule has 1 aliphatic heterocycles. The number of rotatable bonds is 2. The van der Waals surface area contributed by atoms with Crippen molar-refractivity contribution < 1.29 is 4.79 Å². The number of fused-ring (bicyclic) bond motifs is 1. The number of aryl methyl sites for hydroxylation is 2. The lowest BCUT2D eigenvalue weighted by Crippen LogP contribution is -2.45. The lowest BCUT2D eigenvalue weighted by molar-refractivity contribution is 0.144. The van der Waals surface area contributed by atoms with Crippen LogP contribution in [-0.2, 0) is 6.54 Å². The van der Waals surface area contributed by atoms with Crippen LogP contribution < -0.4 is 5.32 Å². The highest BCUT2D eigenvalue weighted by atomic mass is 16.2. The zero-order valence-corrected chi connectivity index (χ0v) is 14.3. The van der Waals surface area contributed by atoms with Crippen LogP contribution >= 0.6 is 0 Å². The topological polar surface area (TPSA) is 37.3 Å². The van der Waals surface area contributed by atoms with E-state index in [0.29, 0.717) is 5.92 Å². The maximum absolute atomic E-state index is 12.9. The number of nitrogens with one attached hydrogen (secondary N) is 1. The molecule has 1 aromatic carbocycles. The second kappa shape index (κ2) is 6.11. The van der Waals surface area contributed by atoms with E-state index in [0.717, 1.165) is 24.3 Å². The van der Waals surface area contributed by atoms with Crippen molar-refractivity contribution >= 4 is 11.7 Å². The standard InChI is InChI=1S/C19H25N3O/c1-13(2)18-17-6-5-9-21(17)10-11-22(18)19(23)20-16-8-7-14(3)12-15(16)4/h5-9,12-13,18H,10-11H2,1-4H3,(H,20,23)/t18-/m0/s1. The summed E-state index contributed by atoms with van der Waals surface area (Å²) in [7, 11) is 0. The number of nitrogens with zero attached hydrogens (tertiary/aromatic N) is 2. The van der Waals surface area contributed by atoms with E-state index < -0.39 is 0 Å². The third-order valence-corrected chi connectivity index (χ3v) is 4.60. The summed E-state index contributed by atoms with van der Waals surface area (Å²) in [5, 5.41) is 3.09. The Morgan fingerprint density at radius 2 is 2.00 bits per heavy atom. The maximum atomic E-state index is 12.9. The Bertz CT molecular complexity index is 717. The average Bonchev–Trinajstić information content (AvgIpc) is 2.97. The summed E-state index contributed by atoms with van der Waals surface area (Å²) in [4.78, 5) is 14.8. The molecule has 3 rings (SSSR count). The Balaban J connectivity index is 1.84. The molecule has 1 aromatic heterocycles. The zero-order valence-electron chi connectivity index (χ0n) is 14.3. The minimum absolute atomic E-state index is 0.0110. The maximum Gasteiger partial charge on any atom is 0.322 e. The van der Waals surface area contributed by atoms with Gasteiger partial charge in [-0.2, -0.15) is 0 Å². The van der Waals surface area contributed by atoms with Gasteiger partial charge in [-0.3, -0.25) is 0 Å². The lowest BCUT2D eigenvalue weighted by atomic mass is 9.97. The second-order valence-electron chi connectivity index (χ2n) is 6.76. The van der Waals surface area contributed by atoms with Crippen LogP contribution in [0, 0.1) is 19.8 Å². The summed E-state index contributed by atoms with van der Waals surface area (Å²) in [5.41, 5.74) is 4.42. The van der Waals surface area contributed by atoms with Crippen molar-refractivity contribution in [3.63, 3.8) is 0 Å². The van der Waals surface area contributed by atoms with Crippen molar-refractivity contribution in [2.45, 2.75) is 40.3 Å². The van der Waals surface area contributed by atoms with Crippen molar-refractivity contribution in [2.24, 2.45) is 5.92 Å². The quantitative estimate of drug-likeness (QED) is 0.879. The van der Waals surface area contributed by atoms with Crippen molar-refractivity contribution in [1.82, 2.24) is 9.47 Å². The van der Waals surface area contributed by atoms with Crippen molar-refractivity contribution in [2.75, 3.05) is 11.9 Å². The van der Waals surface area contributed by atoms with Gasteiger partial charge in [0.2, 0.25) is 0 Å². The summed E-state index contributed by atoms with van der Waals surface area (Å²) < 4.78 is 2.26. The zero-order chi connectivity index (χ0) is 16.6. The largest absolute Gasteiger partial charge is 0.348 e. The second-order valence-corrected chi connectivity index (χ2v) is 6.76. The van der Waals surface area contributed by atoms with Gasteiger partial charge in [-0.1, -0.05) is 31.5 Å². The molecular formula is C19H25N3O. The van der Waals surface area contributed by atoms with E-state index in [4.69, 9.17) is 0 Å². The number of anilines is 1. The third-order valence-electron chi connectivity index (χ3n) is 4.60. The van der Waals surface area contributed by atoms with Gasteiger partial charge in [-0.25, -0.2) is 4.79 Å². The highest BCUT2D eigenvalue weighted by Crippen LogP contribution is 2.33. The van der Waals surface area contributed by atoms with Crippen molar-refractivity contribution in [1.29, 1.82) is 0 Å². The molecule has 0 radical (unpaired) electrons. The van der Waals surface area contributed by atoms with Crippen LogP contribution in [-0.4, -0.2) is 22.0 Å². The molecule has 0 saturated carbocycles. The number of benzene rings is 1. The van der Waals surface area contributed by atoms with Crippen LogP contribution in [0.2, 0.25) is 0 Å². The van der Waals surface area contributed by atoms with Crippen LogP contribution in [0.4, 0.5) is 10.5 Å². The van der Waals surface area contributed by atoms with E-state index >= 15 is 0 Å². The van der Waals surface area contributed by atoms with Crippen LogP contribution in [0.15, 0.2) is 36.5 Å². The number of urea groups is 1. The van der Waals surface area contributed by atoms with Gasteiger partial charge in [0.25, 0.3) is 0 Å². The number of carbonyl (C=O) groups excluding carboxylic acids is 1. The Morgan fingerprint density at radius 1 is 1.22 bits per heavy atom. The molecule has 4 heteroatoms. The minimum Gasteiger partial charge on any atom is -0.348 e. The smallest absolute Gasteiger partial charge is 0.322 e. The van der Waals surface area contributed by atoms with Gasteiger partial charge in [-0.15, -0.1) is 0 Å². The Hall–Kier alpha value is -2.23. The van der Waals surface area contributed by atoms with Gasteiger partial charge in [0.1, 0.15) is 0 Å². The molecule has 4 nitrogen and oxygen atoms in total. The average molecular weight is 311 g/mol. The van der Waals surface area contributed by atoms with E-state index in [2.05, 4.69) is 55.1 Å². The molecule has 0 unspecified atom stereocenters. The Morgan fingerprint density at radius 3 is 2.70 bits per heavy atom. The fourth-order valence-electron chi connectivity index (χ4n) is 3.48. The normalized spacial score (nSPS) is 17.3. The molecule has 2 heterocycles. The summed E-state index contributed by atoms with van der Waals surface area (Å²) in [6.07, 6.45) is 2.10.